The van der Waals surface area contributed by atoms with Gasteiger partial charge in [-0.2, -0.15) is 0 Å². The monoisotopic (exact) mass is 270 g/mol. The van der Waals surface area contributed by atoms with E-state index >= 15 is 0 Å². The van der Waals surface area contributed by atoms with Gasteiger partial charge >= 0.3 is 5.97 Å². The second kappa shape index (κ2) is 3.61. The van der Waals surface area contributed by atoms with Crippen LogP contribution in [0.15, 0.2) is 36.4 Å². The average Bonchev–Trinajstić information content (AvgIpc) is 2.95. The second-order valence-corrected chi connectivity index (χ2v) is 5.61. The van der Waals surface area contributed by atoms with E-state index in [1.54, 1.807) is 6.07 Å². The number of carboxylic acid groups (broad SMARTS) is 1. The molecular formula is C16H11ClO2. The third-order valence-corrected chi connectivity index (χ3v) is 4.70. The van der Waals surface area contributed by atoms with Crippen LogP contribution in [0.25, 0.3) is 0 Å². The maximum absolute atomic E-state index is 11.5. The van der Waals surface area contributed by atoms with E-state index in [1.807, 2.05) is 18.2 Å². The van der Waals surface area contributed by atoms with Gasteiger partial charge in [0.2, 0.25) is 0 Å². The number of aromatic carboxylic acids is 1. The summed E-state index contributed by atoms with van der Waals surface area (Å²) >= 11 is 6.09. The molecule has 0 radical (unpaired) electrons. The van der Waals surface area contributed by atoms with Crippen molar-refractivity contribution < 1.29 is 9.90 Å². The van der Waals surface area contributed by atoms with E-state index in [9.17, 15) is 9.90 Å². The molecule has 2 nitrogen and oxygen atoms in total. The van der Waals surface area contributed by atoms with Gasteiger partial charge in [0.25, 0.3) is 0 Å². The van der Waals surface area contributed by atoms with Crippen molar-refractivity contribution in [3.63, 3.8) is 0 Å². The molecule has 2 bridgehead atoms. The van der Waals surface area contributed by atoms with Crippen LogP contribution in [0.2, 0.25) is 5.02 Å². The lowest BCUT2D eigenvalue weighted by molar-refractivity contribution is 0.0695. The number of rotatable bonds is 1. The molecule has 2 aliphatic carbocycles. The minimum atomic E-state index is -0.924. The zero-order chi connectivity index (χ0) is 13.1. The molecular weight excluding hydrogens is 260 g/mol. The van der Waals surface area contributed by atoms with Gasteiger partial charge in [0.1, 0.15) is 0 Å². The van der Waals surface area contributed by atoms with Gasteiger partial charge in [-0.1, -0.05) is 41.9 Å². The highest BCUT2D eigenvalue weighted by molar-refractivity contribution is 6.33. The van der Waals surface area contributed by atoms with Gasteiger partial charge in [0.05, 0.1) is 10.6 Å². The van der Waals surface area contributed by atoms with Gasteiger partial charge in [-0.25, -0.2) is 4.79 Å². The first kappa shape index (κ1) is 11.1. The molecule has 1 unspecified atom stereocenters. The molecule has 2 aromatic rings. The first-order chi connectivity index (χ1) is 9.18. The lowest BCUT2D eigenvalue weighted by Gasteiger charge is -2.21. The maximum atomic E-state index is 11.5. The Morgan fingerprint density at radius 2 is 1.74 bits per heavy atom. The first-order valence-electron chi connectivity index (χ1n) is 6.33. The predicted molar refractivity (Wildman–Crippen MR) is 73.2 cm³/mol. The fraction of sp³-hybridized carbons (Fsp3) is 0.188. The van der Waals surface area contributed by atoms with Crippen LogP contribution in [0.1, 0.15) is 50.9 Å². The summed E-state index contributed by atoms with van der Waals surface area (Å²) in [6, 6.07) is 12.0. The van der Waals surface area contributed by atoms with Crippen molar-refractivity contribution >= 4 is 17.6 Å². The van der Waals surface area contributed by atoms with Crippen molar-refractivity contribution in [1.82, 2.24) is 0 Å². The zero-order valence-corrected chi connectivity index (χ0v) is 10.8. The van der Waals surface area contributed by atoms with E-state index in [4.69, 9.17) is 11.6 Å². The van der Waals surface area contributed by atoms with Crippen LogP contribution in [0.5, 0.6) is 0 Å². The molecule has 2 aliphatic rings. The lowest BCUT2D eigenvalue weighted by Crippen LogP contribution is -2.10. The Balaban J connectivity index is 2.02. The molecule has 0 heterocycles. The molecule has 0 aliphatic heterocycles. The summed E-state index contributed by atoms with van der Waals surface area (Å²) < 4.78 is 0. The Bertz CT molecular complexity index is 721. The number of carboxylic acids is 1. The normalized spacial score (nSPS) is 22.2. The van der Waals surface area contributed by atoms with Gasteiger partial charge in [-0.05, 0) is 34.7 Å². The second-order valence-electron chi connectivity index (χ2n) is 5.20. The van der Waals surface area contributed by atoms with Crippen molar-refractivity contribution in [2.45, 2.75) is 18.3 Å². The van der Waals surface area contributed by atoms with Crippen LogP contribution in [0.3, 0.4) is 0 Å². The van der Waals surface area contributed by atoms with Gasteiger partial charge in [-0.15, -0.1) is 0 Å². The van der Waals surface area contributed by atoms with Crippen molar-refractivity contribution in [2.24, 2.45) is 0 Å². The quantitative estimate of drug-likeness (QED) is 0.850. The molecule has 94 valence electrons. The Morgan fingerprint density at radius 3 is 2.42 bits per heavy atom. The van der Waals surface area contributed by atoms with E-state index in [2.05, 4.69) is 12.1 Å². The van der Waals surface area contributed by atoms with E-state index in [1.165, 1.54) is 11.1 Å². The molecule has 2 aromatic carbocycles. The smallest absolute Gasteiger partial charge is 0.337 e. The average molecular weight is 271 g/mol. The fourth-order valence-electron chi connectivity index (χ4n) is 3.71. The molecule has 0 saturated heterocycles. The Hall–Kier alpha value is -1.80. The van der Waals surface area contributed by atoms with E-state index in [0.29, 0.717) is 16.5 Å². The largest absolute Gasteiger partial charge is 0.478 e. The van der Waals surface area contributed by atoms with Crippen molar-refractivity contribution in [3.8, 4) is 0 Å². The maximum Gasteiger partial charge on any atom is 0.337 e. The summed E-state index contributed by atoms with van der Waals surface area (Å²) in [7, 11) is 0. The lowest BCUT2D eigenvalue weighted by atomic mass is 9.83. The molecule has 3 heteroatoms. The standard InChI is InChI=1S/C16H11ClO2/c17-13-6-5-10-11-7-12(14(10)15(13)16(18)19)9-4-2-1-3-8(9)11/h1-6,11-12H,7H2,(H,18,19)/t11?,12-/m0/s1. The summed E-state index contributed by atoms with van der Waals surface area (Å²) in [6.45, 7) is 0. The topological polar surface area (TPSA) is 37.3 Å². The van der Waals surface area contributed by atoms with Crippen LogP contribution in [-0.4, -0.2) is 11.1 Å². The van der Waals surface area contributed by atoms with Crippen molar-refractivity contribution in [1.29, 1.82) is 0 Å². The number of benzene rings is 2. The van der Waals surface area contributed by atoms with Gasteiger partial charge < -0.3 is 5.11 Å². The van der Waals surface area contributed by atoms with E-state index in [0.717, 1.165) is 17.5 Å². The number of fused-ring (bicyclic) bond motifs is 8. The van der Waals surface area contributed by atoms with Crippen molar-refractivity contribution in [3.05, 3.63) is 69.2 Å². The Morgan fingerprint density at radius 1 is 1.05 bits per heavy atom. The molecule has 0 amide bonds. The molecule has 4 rings (SSSR count). The Kier molecular flexibility index (Phi) is 2.10. The van der Waals surface area contributed by atoms with Gasteiger partial charge in [-0.3, -0.25) is 0 Å². The minimum Gasteiger partial charge on any atom is -0.478 e. The zero-order valence-electron chi connectivity index (χ0n) is 10.1. The molecule has 2 atom stereocenters. The molecule has 0 aromatic heterocycles. The third-order valence-electron chi connectivity index (χ3n) is 4.38. The van der Waals surface area contributed by atoms with Crippen LogP contribution >= 0.6 is 11.6 Å². The number of carbonyl (C=O) groups is 1. The van der Waals surface area contributed by atoms with Gasteiger partial charge in [0, 0.05) is 11.8 Å². The first-order valence-corrected chi connectivity index (χ1v) is 6.70. The highest BCUT2D eigenvalue weighted by Gasteiger charge is 2.43. The number of halogens is 1. The van der Waals surface area contributed by atoms with Crippen LogP contribution in [0, 0.1) is 0 Å². The number of hydrogen-bond acceptors (Lipinski definition) is 1. The van der Waals surface area contributed by atoms with Crippen LogP contribution in [-0.2, 0) is 0 Å². The molecule has 0 spiro atoms. The highest BCUT2D eigenvalue weighted by Crippen LogP contribution is 2.57. The fourth-order valence-corrected chi connectivity index (χ4v) is 3.95. The van der Waals surface area contributed by atoms with Crippen LogP contribution in [0.4, 0.5) is 0 Å². The number of hydrogen-bond donors (Lipinski definition) is 1. The van der Waals surface area contributed by atoms with E-state index in [-0.39, 0.29) is 5.92 Å². The summed E-state index contributed by atoms with van der Waals surface area (Å²) in [5.74, 6) is -0.389. The molecule has 1 N–H and O–H groups in total. The molecule has 0 saturated carbocycles. The van der Waals surface area contributed by atoms with Gasteiger partial charge in [0.15, 0.2) is 0 Å². The molecule has 0 fully saturated rings. The summed E-state index contributed by atoms with van der Waals surface area (Å²) in [5.41, 5.74) is 4.98. The van der Waals surface area contributed by atoms with E-state index < -0.39 is 5.97 Å². The highest BCUT2D eigenvalue weighted by atomic mass is 35.5. The summed E-state index contributed by atoms with van der Waals surface area (Å²) in [5, 5.41) is 9.77. The molecule has 19 heavy (non-hydrogen) atoms. The third kappa shape index (κ3) is 1.30. The summed E-state index contributed by atoms with van der Waals surface area (Å²) in [6.07, 6.45) is 0.981. The predicted octanol–water partition coefficient (Wildman–Crippen LogP) is 4.02. The summed E-state index contributed by atoms with van der Waals surface area (Å²) in [4.78, 5) is 11.5. The Labute approximate surface area is 115 Å². The SMILES string of the molecule is O=C(O)c1c(Cl)ccc2c1[C@H]1CC2c2ccccc21. The van der Waals surface area contributed by atoms with Crippen molar-refractivity contribution in [2.75, 3.05) is 0 Å². The van der Waals surface area contributed by atoms with Crippen LogP contribution < -0.4 is 0 Å². The minimum absolute atomic E-state index is 0.195.